The van der Waals surface area contributed by atoms with E-state index in [0.717, 1.165) is 17.6 Å². The Morgan fingerprint density at radius 1 is 1.19 bits per heavy atom. The monoisotopic (exact) mass is 631 g/mol. The molecular formula is C26H29F3N3O8PS. The normalized spacial score (nSPS) is 24.5. The van der Waals surface area contributed by atoms with Gasteiger partial charge in [0.2, 0.25) is 0 Å². The van der Waals surface area contributed by atoms with Gasteiger partial charge in [-0.25, -0.2) is 23.1 Å². The number of aliphatic hydroxyl groups excluding tert-OH is 1. The van der Waals surface area contributed by atoms with E-state index in [0.29, 0.717) is 9.95 Å². The first kappa shape index (κ1) is 31.9. The Morgan fingerprint density at radius 3 is 2.55 bits per heavy atom. The lowest BCUT2D eigenvalue weighted by Gasteiger charge is -2.34. The Hall–Kier alpha value is -3.07. The third kappa shape index (κ3) is 6.61. The van der Waals surface area contributed by atoms with Gasteiger partial charge in [-0.3, -0.25) is 19.1 Å². The van der Waals surface area contributed by atoms with Crippen molar-refractivity contribution in [1.29, 1.82) is 0 Å². The van der Waals surface area contributed by atoms with Crippen molar-refractivity contribution in [3.63, 3.8) is 0 Å². The third-order valence-electron chi connectivity index (χ3n) is 6.39. The van der Waals surface area contributed by atoms with Gasteiger partial charge in [-0.2, -0.15) is 0 Å². The molecule has 4 rings (SSSR count). The number of aliphatic hydroxyl groups is 1. The summed E-state index contributed by atoms with van der Waals surface area (Å²) in [5.41, 5.74) is -4.97. The van der Waals surface area contributed by atoms with Gasteiger partial charge in [-0.15, -0.1) is 0 Å². The zero-order chi connectivity index (χ0) is 30.8. The Bertz CT molecular complexity index is 1600. The largest absolute Gasteiger partial charge is 0.462 e. The van der Waals surface area contributed by atoms with Crippen molar-refractivity contribution in [2.24, 2.45) is 0 Å². The van der Waals surface area contributed by atoms with Gasteiger partial charge in [0.25, 0.3) is 12.0 Å². The molecule has 6 atom stereocenters. The summed E-state index contributed by atoms with van der Waals surface area (Å²) in [4.78, 5) is 38.1. The van der Waals surface area contributed by atoms with Gasteiger partial charge in [-0.1, -0.05) is 36.4 Å². The molecule has 0 saturated carbocycles. The quantitative estimate of drug-likeness (QED) is 0.214. The molecule has 228 valence electrons. The lowest BCUT2D eigenvalue weighted by atomic mass is 9.97. The number of nitrogens with one attached hydrogen (secondary N) is 2. The number of ether oxygens (including phenoxy) is 2. The summed E-state index contributed by atoms with van der Waals surface area (Å²) in [6.45, 7) is -0.507. The molecule has 1 aliphatic rings. The highest BCUT2D eigenvalue weighted by Crippen LogP contribution is 2.50. The first-order chi connectivity index (χ1) is 19.8. The Kier molecular flexibility index (Phi) is 9.60. The lowest BCUT2D eigenvalue weighted by Crippen LogP contribution is -2.52. The van der Waals surface area contributed by atoms with Gasteiger partial charge in [-0.05, 0) is 44.0 Å². The van der Waals surface area contributed by atoms with Crippen LogP contribution in [0.3, 0.4) is 0 Å². The number of benzene rings is 2. The predicted octanol–water partition coefficient (Wildman–Crippen LogP) is 3.17. The number of esters is 1. The first-order valence-electron chi connectivity index (χ1n) is 12.8. The molecule has 0 amide bonds. The van der Waals surface area contributed by atoms with E-state index in [4.69, 9.17) is 30.3 Å². The van der Waals surface area contributed by atoms with Crippen molar-refractivity contribution >= 4 is 35.2 Å². The lowest BCUT2D eigenvalue weighted by molar-refractivity contribution is -0.192. The van der Waals surface area contributed by atoms with Crippen LogP contribution in [0.5, 0.6) is 5.75 Å². The second-order valence-electron chi connectivity index (χ2n) is 9.85. The van der Waals surface area contributed by atoms with Crippen LogP contribution < -0.4 is 20.9 Å². The van der Waals surface area contributed by atoms with Crippen LogP contribution in [0, 0.1) is 0 Å². The molecular weight excluding hydrogens is 602 g/mol. The van der Waals surface area contributed by atoms with Crippen LogP contribution in [-0.2, 0) is 30.6 Å². The number of carbonyl (C=O) groups is 1. The topological polar surface area (TPSA) is 141 Å². The molecule has 1 unspecified atom stereocenters. The minimum absolute atomic E-state index is 0.202. The summed E-state index contributed by atoms with van der Waals surface area (Å²) in [5, 5.41) is 14.7. The van der Waals surface area contributed by atoms with Crippen molar-refractivity contribution in [3.8, 4) is 5.75 Å². The number of alkyl halides is 3. The maximum Gasteiger partial charge on any atom is 0.330 e. The van der Waals surface area contributed by atoms with Crippen LogP contribution in [0.15, 0.2) is 64.3 Å². The predicted molar refractivity (Wildman–Crippen MR) is 150 cm³/mol. The van der Waals surface area contributed by atoms with Gasteiger partial charge in [0.1, 0.15) is 17.9 Å². The minimum Gasteiger partial charge on any atom is -0.462 e. The van der Waals surface area contributed by atoms with E-state index in [-0.39, 0.29) is 5.75 Å². The number of nitrogens with zero attached hydrogens (tertiary/aromatic N) is 1. The SMILES string of the molecule is CC(C)OC(=O)[C@H](C)NP(=S)(OC[C@@]1(C(F)F)O[C@@H](n2ccc(=O)[nH]c2=O)[C@@H](F)[C@@H]1O)Oc1cccc2ccccc12. The van der Waals surface area contributed by atoms with Crippen LogP contribution in [0.2, 0.25) is 0 Å². The number of hydrogen-bond acceptors (Lipinski definition) is 9. The highest BCUT2D eigenvalue weighted by Gasteiger charge is 2.62. The molecule has 1 fully saturated rings. The summed E-state index contributed by atoms with van der Waals surface area (Å²) in [5.74, 6) is -0.528. The van der Waals surface area contributed by atoms with E-state index in [1.807, 2.05) is 4.98 Å². The minimum atomic E-state index is -3.97. The van der Waals surface area contributed by atoms with Crippen molar-refractivity contribution < 1.29 is 41.6 Å². The van der Waals surface area contributed by atoms with E-state index in [1.54, 1.807) is 56.3 Å². The van der Waals surface area contributed by atoms with Gasteiger partial charge in [0.05, 0.1) is 12.7 Å². The number of carbonyl (C=O) groups excluding carboxylic acids is 1. The highest BCUT2D eigenvalue weighted by molar-refractivity contribution is 8.09. The maximum atomic E-state index is 15.2. The average Bonchev–Trinajstić information content (AvgIpc) is 3.18. The molecule has 0 radical (unpaired) electrons. The van der Waals surface area contributed by atoms with Crippen molar-refractivity contribution in [1.82, 2.24) is 14.6 Å². The van der Waals surface area contributed by atoms with E-state index >= 15 is 4.39 Å². The Balaban J connectivity index is 1.68. The molecule has 2 aromatic carbocycles. The maximum absolute atomic E-state index is 15.2. The van der Waals surface area contributed by atoms with Crippen molar-refractivity contribution in [2.75, 3.05) is 6.61 Å². The number of aromatic nitrogens is 2. The van der Waals surface area contributed by atoms with Gasteiger partial charge in [0.15, 0.2) is 18.0 Å². The first-order valence-corrected chi connectivity index (χ1v) is 15.4. The number of aromatic amines is 1. The molecule has 0 aliphatic carbocycles. The molecule has 11 nitrogen and oxygen atoms in total. The number of halogens is 3. The van der Waals surface area contributed by atoms with E-state index in [9.17, 15) is 28.3 Å². The smallest absolute Gasteiger partial charge is 0.330 e. The summed E-state index contributed by atoms with van der Waals surface area (Å²) in [6.07, 6.45) is -10.2. The van der Waals surface area contributed by atoms with Crippen molar-refractivity contribution in [3.05, 3.63) is 75.6 Å². The Morgan fingerprint density at radius 2 is 1.88 bits per heavy atom. The average molecular weight is 632 g/mol. The van der Waals surface area contributed by atoms with Crippen LogP contribution in [-0.4, -0.2) is 63.7 Å². The van der Waals surface area contributed by atoms with Gasteiger partial charge >= 0.3 is 18.3 Å². The number of rotatable bonds is 11. The Labute approximate surface area is 242 Å². The standard InChI is InChI=1S/C26H29F3N3O8PS/c1-14(2)38-23(35)15(3)31-41(42,40-18-10-6-8-16-7-4-5-9-17(16)18)37-13-26(24(28)29)21(34)20(27)22(39-26)32-12-11-19(33)30-25(32)36/h4-12,14-15,20-22,24,34H,13H2,1-3H3,(H,31,42)(H,30,33,36)/t15-,20-,21-,22+,26+,41?/m0/s1. The van der Waals surface area contributed by atoms with Crippen LogP contribution >= 0.6 is 6.64 Å². The molecule has 3 aromatic rings. The van der Waals surface area contributed by atoms with Crippen LogP contribution in [0.1, 0.15) is 27.0 Å². The molecule has 0 spiro atoms. The molecule has 1 aromatic heterocycles. The number of hydrogen-bond donors (Lipinski definition) is 3. The van der Waals surface area contributed by atoms with E-state index in [2.05, 4.69) is 5.09 Å². The highest BCUT2D eigenvalue weighted by atomic mass is 32.5. The molecule has 42 heavy (non-hydrogen) atoms. The second kappa shape index (κ2) is 12.7. The molecule has 1 saturated heterocycles. The molecule has 1 aliphatic heterocycles. The fourth-order valence-electron chi connectivity index (χ4n) is 4.29. The zero-order valence-corrected chi connectivity index (χ0v) is 24.3. The van der Waals surface area contributed by atoms with Gasteiger partial charge in [0, 0.05) is 17.6 Å². The second-order valence-corrected chi connectivity index (χ2v) is 13.0. The van der Waals surface area contributed by atoms with E-state index < -0.39 is 73.1 Å². The summed E-state index contributed by atoms with van der Waals surface area (Å²) < 4.78 is 67.2. The van der Waals surface area contributed by atoms with Crippen LogP contribution in [0.25, 0.3) is 10.8 Å². The summed E-state index contributed by atoms with van der Waals surface area (Å²) in [7, 11) is 0. The summed E-state index contributed by atoms with van der Waals surface area (Å²) in [6, 6.07) is 11.8. The fraction of sp³-hybridized carbons (Fsp3) is 0.423. The zero-order valence-electron chi connectivity index (χ0n) is 22.6. The number of H-pyrrole nitrogens is 1. The summed E-state index contributed by atoms with van der Waals surface area (Å²) >= 11 is 5.63. The van der Waals surface area contributed by atoms with Crippen LogP contribution in [0.4, 0.5) is 13.2 Å². The molecule has 0 bridgehead atoms. The molecule has 16 heteroatoms. The molecule has 3 N–H and O–H groups in total. The van der Waals surface area contributed by atoms with Crippen molar-refractivity contribution in [2.45, 2.75) is 63.4 Å². The fourth-order valence-corrected chi connectivity index (χ4v) is 6.71. The molecule has 2 heterocycles. The van der Waals surface area contributed by atoms with Gasteiger partial charge < -0.3 is 23.6 Å². The third-order valence-corrected chi connectivity index (χ3v) is 8.86. The number of fused-ring (bicyclic) bond motifs is 1. The van der Waals surface area contributed by atoms with E-state index in [1.165, 1.54) is 6.92 Å².